The molecule has 4 bridgehead atoms. The third-order valence-corrected chi connectivity index (χ3v) is 8.02. The first-order valence-electron chi connectivity index (χ1n) is 13.3. The van der Waals surface area contributed by atoms with Crippen molar-refractivity contribution in [1.82, 2.24) is 14.5 Å². The van der Waals surface area contributed by atoms with E-state index >= 15 is 0 Å². The van der Waals surface area contributed by atoms with Gasteiger partial charge in [0.1, 0.15) is 33.2 Å². The van der Waals surface area contributed by atoms with Gasteiger partial charge in [-0.2, -0.15) is 5.26 Å². The number of carbonyl (C=O) groups is 1. The normalized spacial score (nSPS) is 14.4. The molecular weight excluding hydrogens is 538 g/mol. The summed E-state index contributed by atoms with van der Waals surface area (Å²) in [6.45, 7) is 3.88. The van der Waals surface area contributed by atoms with Crippen LogP contribution in [0.3, 0.4) is 0 Å². The van der Waals surface area contributed by atoms with Crippen LogP contribution in [0.15, 0.2) is 72.9 Å². The molecule has 1 aliphatic heterocycles. The van der Waals surface area contributed by atoms with E-state index in [-0.39, 0.29) is 11.7 Å². The number of carbonyl (C=O) groups excluding carboxylic acids is 1. The Bertz CT molecular complexity index is 1740. The SMILES string of the molecule is Cc1ncc2n1Cc1ccc(C#N)c(c1)Oc1cccc(c1)C(=O)Nc1ccccc1CN(CCS(C)(=O)=O)CC2. The summed E-state index contributed by atoms with van der Waals surface area (Å²) >= 11 is 0. The van der Waals surface area contributed by atoms with Gasteiger partial charge in [-0.3, -0.25) is 9.69 Å². The quantitative estimate of drug-likeness (QED) is 0.384. The Labute approximate surface area is 239 Å². The number of nitriles is 1. The van der Waals surface area contributed by atoms with Crippen molar-refractivity contribution in [2.45, 2.75) is 26.4 Å². The Morgan fingerprint density at radius 1 is 1.07 bits per heavy atom. The number of aryl methyl sites for hydroxylation is 1. The number of amides is 1. The molecule has 0 fully saturated rings. The van der Waals surface area contributed by atoms with Crippen LogP contribution in [0.4, 0.5) is 5.69 Å². The minimum atomic E-state index is -3.17. The fourth-order valence-electron chi connectivity index (χ4n) is 4.84. The highest BCUT2D eigenvalue weighted by molar-refractivity contribution is 7.90. The molecule has 4 aromatic rings. The van der Waals surface area contributed by atoms with Crippen LogP contribution in [0.5, 0.6) is 11.5 Å². The number of ether oxygens (including phenoxy) is 1. The minimum Gasteiger partial charge on any atom is -0.456 e. The smallest absolute Gasteiger partial charge is 0.255 e. The van der Waals surface area contributed by atoms with E-state index in [1.807, 2.05) is 49.5 Å². The predicted octanol–water partition coefficient (Wildman–Crippen LogP) is 4.56. The van der Waals surface area contributed by atoms with Crippen molar-refractivity contribution < 1.29 is 17.9 Å². The van der Waals surface area contributed by atoms with E-state index in [9.17, 15) is 18.5 Å². The number of para-hydroxylation sites is 1. The summed E-state index contributed by atoms with van der Waals surface area (Å²) in [5.41, 5.74) is 4.25. The lowest BCUT2D eigenvalue weighted by molar-refractivity contribution is 0.102. The van der Waals surface area contributed by atoms with Crippen molar-refractivity contribution in [2.75, 3.05) is 30.4 Å². The zero-order valence-electron chi connectivity index (χ0n) is 23.0. The number of fused-ring (bicyclic) bond motifs is 6. The Morgan fingerprint density at radius 2 is 1.90 bits per heavy atom. The van der Waals surface area contributed by atoms with Gasteiger partial charge in [0.2, 0.25) is 0 Å². The van der Waals surface area contributed by atoms with Gasteiger partial charge in [0.25, 0.3) is 5.91 Å². The van der Waals surface area contributed by atoms with Gasteiger partial charge in [-0.15, -0.1) is 0 Å². The maximum absolute atomic E-state index is 13.3. The molecule has 0 atom stereocenters. The van der Waals surface area contributed by atoms with E-state index in [0.717, 1.165) is 22.6 Å². The minimum absolute atomic E-state index is 0.0284. The molecule has 0 radical (unpaired) electrons. The fourth-order valence-corrected chi connectivity index (χ4v) is 5.43. The van der Waals surface area contributed by atoms with Gasteiger partial charge in [0, 0.05) is 62.0 Å². The van der Waals surface area contributed by atoms with E-state index in [1.165, 1.54) is 6.26 Å². The standard InChI is InChI=1S/C31H31N5O4S/c1-22-33-19-27-12-13-35(14-15-41(2,38)39)21-26-6-3-4-9-29(26)34-31(37)24-7-5-8-28(17-24)40-30-16-23(20-36(22)27)10-11-25(30)18-32/h3-11,16-17,19H,12-15,20-21H2,1-2H3,(H,34,37). The number of sulfone groups is 1. The third kappa shape index (κ3) is 7.01. The lowest BCUT2D eigenvalue weighted by Crippen LogP contribution is -2.31. The van der Waals surface area contributed by atoms with E-state index < -0.39 is 9.84 Å². The van der Waals surface area contributed by atoms with Crippen LogP contribution in [-0.4, -0.2) is 53.9 Å². The monoisotopic (exact) mass is 569 g/mol. The summed E-state index contributed by atoms with van der Waals surface area (Å²) < 4.78 is 32.3. The average molecular weight is 570 g/mol. The molecule has 1 amide bonds. The van der Waals surface area contributed by atoms with Gasteiger partial charge >= 0.3 is 0 Å². The number of nitrogens with one attached hydrogen (secondary N) is 1. The summed E-state index contributed by atoms with van der Waals surface area (Å²) in [7, 11) is -3.17. The number of imidazole rings is 1. The molecule has 1 aliphatic rings. The van der Waals surface area contributed by atoms with Gasteiger partial charge in [-0.05, 0) is 54.4 Å². The molecule has 0 aliphatic carbocycles. The van der Waals surface area contributed by atoms with Gasteiger partial charge in [-0.25, -0.2) is 13.4 Å². The number of hydrogen-bond acceptors (Lipinski definition) is 7. The average Bonchev–Trinajstić information content (AvgIpc) is 3.29. The van der Waals surface area contributed by atoms with Gasteiger partial charge in [0.15, 0.2) is 0 Å². The Hall–Kier alpha value is -4.46. The highest BCUT2D eigenvalue weighted by Crippen LogP contribution is 2.28. The zero-order chi connectivity index (χ0) is 29.0. The molecular formula is C31H31N5O4S. The Balaban J connectivity index is 1.58. The predicted molar refractivity (Wildman–Crippen MR) is 157 cm³/mol. The van der Waals surface area contributed by atoms with Crippen molar-refractivity contribution in [3.8, 4) is 17.6 Å². The topological polar surface area (TPSA) is 117 Å². The maximum atomic E-state index is 13.3. The van der Waals surface area contributed by atoms with Crippen LogP contribution in [0.25, 0.3) is 0 Å². The first-order valence-corrected chi connectivity index (χ1v) is 15.4. The molecule has 0 saturated heterocycles. The summed E-state index contributed by atoms with van der Waals surface area (Å²) in [5, 5.41) is 12.7. The van der Waals surface area contributed by atoms with Crippen molar-refractivity contribution in [2.24, 2.45) is 0 Å². The number of aromatic nitrogens is 2. The Kier molecular flexibility index (Phi) is 8.19. The van der Waals surface area contributed by atoms with E-state index in [0.29, 0.717) is 60.9 Å². The molecule has 5 rings (SSSR count). The molecule has 9 nitrogen and oxygen atoms in total. The highest BCUT2D eigenvalue weighted by Gasteiger charge is 2.17. The summed E-state index contributed by atoms with van der Waals surface area (Å²) in [5.74, 6) is 1.41. The van der Waals surface area contributed by atoms with Crippen molar-refractivity contribution in [3.63, 3.8) is 0 Å². The summed E-state index contributed by atoms with van der Waals surface area (Å²) in [6, 6.07) is 22.0. The molecule has 10 heteroatoms. The van der Waals surface area contributed by atoms with Gasteiger partial charge < -0.3 is 14.6 Å². The first-order chi connectivity index (χ1) is 19.7. The fraction of sp³-hybridized carbons (Fsp3) is 0.258. The summed E-state index contributed by atoms with van der Waals surface area (Å²) in [6.07, 6.45) is 3.73. The van der Waals surface area contributed by atoms with Crippen LogP contribution in [0, 0.1) is 18.3 Å². The largest absolute Gasteiger partial charge is 0.456 e. The molecule has 0 spiro atoms. The number of benzene rings is 3. The molecule has 0 saturated carbocycles. The van der Waals surface area contributed by atoms with Crippen LogP contribution in [-0.2, 0) is 29.3 Å². The van der Waals surface area contributed by atoms with Crippen molar-refractivity contribution in [1.29, 1.82) is 5.26 Å². The lowest BCUT2D eigenvalue weighted by atomic mass is 10.1. The Morgan fingerprint density at radius 3 is 2.71 bits per heavy atom. The van der Waals surface area contributed by atoms with Crippen LogP contribution in [0.2, 0.25) is 0 Å². The third-order valence-electron chi connectivity index (χ3n) is 7.09. The number of rotatable bonds is 3. The zero-order valence-corrected chi connectivity index (χ0v) is 23.8. The van der Waals surface area contributed by atoms with E-state index in [4.69, 9.17) is 4.74 Å². The van der Waals surface area contributed by atoms with Crippen LogP contribution in [0.1, 0.15) is 38.6 Å². The lowest BCUT2D eigenvalue weighted by Gasteiger charge is -2.24. The molecule has 3 aromatic carbocycles. The molecule has 210 valence electrons. The van der Waals surface area contributed by atoms with Crippen molar-refractivity contribution in [3.05, 3.63) is 107 Å². The number of nitrogens with zero attached hydrogens (tertiary/aromatic N) is 4. The molecule has 1 N–H and O–H groups in total. The highest BCUT2D eigenvalue weighted by atomic mass is 32.2. The molecule has 0 unspecified atom stereocenters. The number of anilines is 1. The molecule has 41 heavy (non-hydrogen) atoms. The first kappa shape index (κ1) is 28.1. The number of hydrogen-bond donors (Lipinski definition) is 1. The summed E-state index contributed by atoms with van der Waals surface area (Å²) in [4.78, 5) is 19.9. The van der Waals surface area contributed by atoms with Crippen LogP contribution < -0.4 is 10.1 Å². The second-order valence-electron chi connectivity index (χ2n) is 10.2. The van der Waals surface area contributed by atoms with E-state index in [2.05, 4.69) is 25.8 Å². The van der Waals surface area contributed by atoms with Crippen LogP contribution >= 0.6 is 0 Å². The van der Waals surface area contributed by atoms with Gasteiger partial charge in [-0.1, -0.05) is 30.3 Å². The van der Waals surface area contributed by atoms with Gasteiger partial charge in [0.05, 0.1) is 11.3 Å². The van der Waals surface area contributed by atoms with Crippen molar-refractivity contribution >= 4 is 21.4 Å². The molecule has 2 heterocycles. The second-order valence-corrected chi connectivity index (χ2v) is 12.5. The molecule has 1 aromatic heterocycles. The maximum Gasteiger partial charge on any atom is 0.255 e. The van der Waals surface area contributed by atoms with E-state index in [1.54, 1.807) is 30.3 Å². The second kappa shape index (κ2) is 12.0.